The maximum atomic E-state index is 4.43. The fourth-order valence-corrected chi connectivity index (χ4v) is 2.09. The van der Waals surface area contributed by atoms with Gasteiger partial charge in [0.05, 0.1) is 0 Å². The van der Waals surface area contributed by atoms with E-state index in [1.54, 1.807) is 0 Å². The van der Waals surface area contributed by atoms with Crippen molar-refractivity contribution < 1.29 is 0 Å². The van der Waals surface area contributed by atoms with Crippen molar-refractivity contribution in [3.63, 3.8) is 0 Å². The number of hydrogen-bond acceptors (Lipinski definition) is 1. The second-order valence-electron chi connectivity index (χ2n) is 3.83. The van der Waals surface area contributed by atoms with Crippen molar-refractivity contribution in [1.82, 2.24) is 10.2 Å². The highest BCUT2D eigenvalue weighted by Gasteiger charge is 2.26. The zero-order valence-electron chi connectivity index (χ0n) is 8.04. The Balaban J connectivity index is 2.55. The Morgan fingerprint density at radius 1 is 1.18 bits per heavy atom. The van der Waals surface area contributed by atoms with Gasteiger partial charge in [-0.2, -0.15) is 0 Å². The van der Waals surface area contributed by atoms with E-state index in [0.29, 0.717) is 18.1 Å². The average molecular weight is 155 g/mol. The Bertz CT molecular complexity index is 113. The molecule has 2 nitrogen and oxygen atoms in total. The third kappa shape index (κ3) is 1.94. The second kappa shape index (κ2) is 3.55. The van der Waals surface area contributed by atoms with Crippen LogP contribution in [0.25, 0.3) is 0 Å². The largest absolute Gasteiger partial charge is 0.293 e. The van der Waals surface area contributed by atoms with Gasteiger partial charge in [0.2, 0.25) is 0 Å². The lowest BCUT2D eigenvalue weighted by Gasteiger charge is -2.41. The minimum Gasteiger partial charge on any atom is -0.293 e. The quantitative estimate of drug-likeness (QED) is 0.554. The molecular formula is C9H19N2. The Morgan fingerprint density at radius 2 is 1.64 bits per heavy atom. The molecule has 0 aromatic heterocycles. The lowest BCUT2D eigenvalue weighted by molar-refractivity contribution is 0.0810. The maximum Gasteiger partial charge on any atom is 0.0287 e. The highest BCUT2D eigenvalue weighted by molar-refractivity contribution is 4.83. The van der Waals surface area contributed by atoms with Crippen molar-refractivity contribution in [3.8, 4) is 0 Å². The minimum atomic E-state index is 0.638. The molecule has 1 aliphatic rings. The fourth-order valence-electron chi connectivity index (χ4n) is 2.09. The van der Waals surface area contributed by atoms with Crippen LogP contribution in [0, 0.1) is 0 Å². The summed E-state index contributed by atoms with van der Waals surface area (Å²) in [7, 11) is 0. The van der Waals surface area contributed by atoms with E-state index >= 15 is 0 Å². The summed E-state index contributed by atoms with van der Waals surface area (Å²) in [5, 5.41) is 4.43. The van der Waals surface area contributed by atoms with Gasteiger partial charge in [0.25, 0.3) is 0 Å². The molecule has 1 fully saturated rings. The zero-order valence-corrected chi connectivity index (χ0v) is 8.04. The van der Waals surface area contributed by atoms with Gasteiger partial charge >= 0.3 is 0 Å². The zero-order chi connectivity index (χ0) is 8.43. The first-order valence-electron chi connectivity index (χ1n) is 4.53. The van der Waals surface area contributed by atoms with Gasteiger partial charge in [0, 0.05) is 31.2 Å². The van der Waals surface area contributed by atoms with Crippen LogP contribution in [0.2, 0.25) is 0 Å². The molecule has 65 valence electrons. The van der Waals surface area contributed by atoms with Crippen molar-refractivity contribution in [3.05, 3.63) is 0 Å². The van der Waals surface area contributed by atoms with E-state index in [0.717, 1.165) is 13.1 Å². The Labute approximate surface area is 70.0 Å². The lowest BCUT2D eigenvalue weighted by Crippen LogP contribution is -2.55. The molecule has 0 aromatic rings. The van der Waals surface area contributed by atoms with Crippen molar-refractivity contribution in [2.45, 2.75) is 45.8 Å². The van der Waals surface area contributed by atoms with Crippen LogP contribution in [0.1, 0.15) is 27.7 Å². The smallest absolute Gasteiger partial charge is 0.0287 e. The summed E-state index contributed by atoms with van der Waals surface area (Å²) in [6, 6.07) is 1.94. The Kier molecular flexibility index (Phi) is 2.90. The summed E-state index contributed by atoms with van der Waals surface area (Å²) in [6.07, 6.45) is 0. The summed E-state index contributed by atoms with van der Waals surface area (Å²) in [5.74, 6) is 0. The van der Waals surface area contributed by atoms with E-state index in [1.165, 1.54) is 0 Å². The standard InChI is InChI=1S/C9H19N2/c1-7(2)11-8(3)5-10-6-9(11)4/h7-9H,5-6H2,1-4H3. The van der Waals surface area contributed by atoms with Crippen molar-refractivity contribution >= 4 is 0 Å². The SMILES string of the molecule is CC(C)N1C(C)C[N]CC1C. The first-order chi connectivity index (χ1) is 5.13. The summed E-state index contributed by atoms with van der Waals surface area (Å²) >= 11 is 0. The molecule has 1 radical (unpaired) electrons. The molecular weight excluding hydrogens is 136 g/mol. The summed E-state index contributed by atoms with van der Waals surface area (Å²) < 4.78 is 0. The second-order valence-corrected chi connectivity index (χ2v) is 3.83. The number of piperazine rings is 1. The molecule has 2 unspecified atom stereocenters. The molecule has 0 N–H and O–H groups in total. The third-order valence-corrected chi connectivity index (χ3v) is 2.40. The van der Waals surface area contributed by atoms with Crippen molar-refractivity contribution in [2.24, 2.45) is 0 Å². The van der Waals surface area contributed by atoms with Gasteiger partial charge in [-0.25, -0.2) is 5.32 Å². The van der Waals surface area contributed by atoms with Gasteiger partial charge in [-0.1, -0.05) is 0 Å². The highest BCUT2D eigenvalue weighted by Crippen LogP contribution is 2.13. The lowest BCUT2D eigenvalue weighted by atomic mass is 10.1. The predicted molar refractivity (Wildman–Crippen MR) is 47.8 cm³/mol. The Morgan fingerprint density at radius 3 is 1.91 bits per heavy atom. The van der Waals surface area contributed by atoms with Gasteiger partial charge in [0.1, 0.15) is 0 Å². The molecule has 0 amide bonds. The van der Waals surface area contributed by atoms with Crippen LogP contribution in [-0.4, -0.2) is 36.1 Å². The molecule has 11 heavy (non-hydrogen) atoms. The van der Waals surface area contributed by atoms with Gasteiger partial charge in [0.15, 0.2) is 0 Å². The summed E-state index contributed by atoms with van der Waals surface area (Å²) in [4.78, 5) is 2.55. The van der Waals surface area contributed by atoms with Crippen LogP contribution in [-0.2, 0) is 0 Å². The third-order valence-electron chi connectivity index (χ3n) is 2.40. The van der Waals surface area contributed by atoms with E-state index in [4.69, 9.17) is 0 Å². The number of hydrogen-bond donors (Lipinski definition) is 0. The van der Waals surface area contributed by atoms with Crippen LogP contribution < -0.4 is 5.32 Å². The molecule has 0 spiro atoms. The van der Waals surface area contributed by atoms with Crippen molar-refractivity contribution in [2.75, 3.05) is 13.1 Å². The van der Waals surface area contributed by atoms with Crippen LogP contribution in [0.15, 0.2) is 0 Å². The summed E-state index contributed by atoms with van der Waals surface area (Å²) in [5.41, 5.74) is 0. The van der Waals surface area contributed by atoms with Crippen LogP contribution in [0.4, 0.5) is 0 Å². The molecule has 0 aromatic carbocycles. The van der Waals surface area contributed by atoms with Crippen LogP contribution in [0.3, 0.4) is 0 Å². The highest BCUT2D eigenvalue weighted by atomic mass is 15.3. The van der Waals surface area contributed by atoms with Gasteiger partial charge in [-0.05, 0) is 27.7 Å². The van der Waals surface area contributed by atoms with Crippen LogP contribution >= 0.6 is 0 Å². The minimum absolute atomic E-state index is 0.638. The maximum absolute atomic E-state index is 4.43. The van der Waals surface area contributed by atoms with Crippen LogP contribution in [0.5, 0.6) is 0 Å². The average Bonchev–Trinajstić information content (AvgIpc) is 1.85. The monoisotopic (exact) mass is 155 g/mol. The fraction of sp³-hybridized carbons (Fsp3) is 1.00. The summed E-state index contributed by atoms with van der Waals surface area (Å²) in [6.45, 7) is 11.1. The predicted octanol–water partition coefficient (Wildman–Crippen LogP) is 1.09. The topological polar surface area (TPSA) is 17.3 Å². The molecule has 0 aliphatic carbocycles. The first kappa shape index (κ1) is 9.01. The number of rotatable bonds is 1. The number of nitrogens with zero attached hydrogens (tertiary/aromatic N) is 2. The molecule has 2 atom stereocenters. The molecule has 2 heteroatoms. The molecule has 1 heterocycles. The molecule has 1 aliphatic heterocycles. The van der Waals surface area contributed by atoms with Gasteiger partial charge in [-0.3, -0.25) is 4.90 Å². The normalized spacial score (nSPS) is 34.6. The van der Waals surface area contributed by atoms with Crippen molar-refractivity contribution in [1.29, 1.82) is 0 Å². The van der Waals surface area contributed by atoms with E-state index in [-0.39, 0.29) is 0 Å². The molecule has 0 bridgehead atoms. The van der Waals surface area contributed by atoms with Gasteiger partial charge < -0.3 is 0 Å². The first-order valence-corrected chi connectivity index (χ1v) is 4.53. The van der Waals surface area contributed by atoms with E-state index in [9.17, 15) is 0 Å². The van der Waals surface area contributed by atoms with E-state index < -0.39 is 0 Å². The molecule has 1 rings (SSSR count). The van der Waals surface area contributed by atoms with E-state index in [1.807, 2.05) is 0 Å². The van der Waals surface area contributed by atoms with Gasteiger partial charge in [-0.15, -0.1) is 0 Å². The molecule has 1 saturated heterocycles. The molecule has 0 saturated carbocycles. The Hall–Kier alpha value is -0.0800. The van der Waals surface area contributed by atoms with E-state index in [2.05, 4.69) is 37.9 Å².